The van der Waals surface area contributed by atoms with Gasteiger partial charge in [-0.3, -0.25) is 0 Å². The van der Waals surface area contributed by atoms with Crippen molar-refractivity contribution in [3.8, 4) is 0 Å². The van der Waals surface area contributed by atoms with Crippen LogP contribution in [-0.4, -0.2) is 37.4 Å². The molecule has 1 saturated heterocycles. The van der Waals surface area contributed by atoms with Crippen molar-refractivity contribution in [3.05, 3.63) is 0 Å². The average Bonchev–Trinajstić information content (AvgIpc) is 2.20. The summed E-state index contributed by atoms with van der Waals surface area (Å²) in [5, 5.41) is 0. The maximum absolute atomic E-state index is 5.77. The standard InChI is InChI=1S/C9H18O2S.C3H8/c1-9(11-6-5-10-2)3-7-12-8-4-9;1-3-2/h3-8H2,1-2H3;3H2,1-2H3. The van der Waals surface area contributed by atoms with Gasteiger partial charge in [-0.05, 0) is 31.3 Å². The van der Waals surface area contributed by atoms with E-state index in [1.807, 2.05) is 11.8 Å². The van der Waals surface area contributed by atoms with E-state index >= 15 is 0 Å². The SMILES string of the molecule is CCC.COCCOC1(C)CCSCC1. The topological polar surface area (TPSA) is 18.5 Å². The molecule has 0 bridgehead atoms. The van der Waals surface area contributed by atoms with Gasteiger partial charge in [0.15, 0.2) is 0 Å². The molecule has 3 heteroatoms. The van der Waals surface area contributed by atoms with Crippen LogP contribution in [0.2, 0.25) is 0 Å². The average molecular weight is 234 g/mol. The van der Waals surface area contributed by atoms with Crippen LogP contribution in [0.25, 0.3) is 0 Å². The summed E-state index contributed by atoms with van der Waals surface area (Å²) >= 11 is 2.03. The Morgan fingerprint density at radius 2 is 1.67 bits per heavy atom. The van der Waals surface area contributed by atoms with Crippen molar-refractivity contribution < 1.29 is 9.47 Å². The van der Waals surface area contributed by atoms with Crippen LogP contribution in [0.1, 0.15) is 40.0 Å². The molecule has 0 aromatic heterocycles. The fourth-order valence-electron chi connectivity index (χ4n) is 1.32. The molecule has 0 atom stereocenters. The molecule has 1 aliphatic heterocycles. The molecule has 0 saturated carbocycles. The summed E-state index contributed by atoms with van der Waals surface area (Å²) in [5.74, 6) is 2.48. The largest absolute Gasteiger partial charge is 0.382 e. The number of ether oxygens (including phenoxy) is 2. The van der Waals surface area contributed by atoms with E-state index in [1.165, 1.54) is 30.8 Å². The number of hydrogen-bond acceptors (Lipinski definition) is 3. The van der Waals surface area contributed by atoms with Crippen molar-refractivity contribution in [2.45, 2.75) is 45.6 Å². The van der Waals surface area contributed by atoms with Crippen molar-refractivity contribution in [2.24, 2.45) is 0 Å². The zero-order chi connectivity index (χ0) is 11.6. The van der Waals surface area contributed by atoms with E-state index in [-0.39, 0.29) is 5.60 Å². The first-order chi connectivity index (χ1) is 7.18. The van der Waals surface area contributed by atoms with Gasteiger partial charge in [0.2, 0.25) is 0 Å². The highest BCUT2D eigenvalue weighted by Gasteiger charge is 2.27. The Balaban J connectivity index is 0.000000583. The molecule has 92 valence electrons. The van der Waals surface area contributed by atoms with Gasteiger partial charge in [0.1, 0.15) is 0 Å². The number of methoxy groups -OCH3 is 1. The molecule has 0 spiro atoms. The third-order valence-corrected chi connectivity index (χ3v) is 3.27. The number of thioether (sulfide) groups is 1. The fourth-order valence-corrected chi connectivity index (χ4v) is 2.68. The maximum atomic E-state index is 5.77. The van der Waals surface area contributed by atoms with Crippen molar-refractivity contribution >= 4 is 11.8 Å². The summed E-state index contributed by atoms with van der Waals surface area (Å²) in [4.78, 5) is 0. The number of hydrogen-bond donors (Lipinski definition) is 0. The van der Waals surface area contributed by atoms with E-state index in [9.17, 15) is 0 Å². The summed E-state index contributed by atoms with van der Waals surface area (Å²) in [7, 11) is 1.71. The molecule has 1 fully saturated rings. The van der Waals surface area contributed by atoms with Gasteiger partial charge in [-0.15, -0.1) is 0 Å². The first-order valence-corrected chi connectivity index (χ1v) is 7.04. The zero-order valence-electron chi connectivity index (χ0n) is 10.7. The highest BCUT2D eigenvalue weighted by Crippen LogP contribution is 2.29. The molecule has 0 aromatic carbocycles. The van der Waals surface area contributed by atoms with Crippen molar-refractivity contribution in [1.29, 1.82) is 0 Å². The van der Waals surface area contributed by atoms with Crippen molar-refractivity contribution in [3.63, 3.8) is 0 Å². The molecule has 0 aromatic rings. The molecule has 0 amide bonds. The monoisotopic (exact) mass is 234 g/mol. The highest BCUT2D eigenvalue weighted by atomic mass is 32.2. The Morgan fingerprint density at radius 3 is 2.13 bits per heavy atom. The van der Waals surface area contributed by atoms with Gasteiger partial charge in [0.05, 0.1) is 18.8 Å². The predicted molar refractivity (Wildman–Crippen MR) is 68.8 cm³/mol. The van der Waals surface area contributed by atoms with E-state index < -0.39 is 0 Å². The molecule has 1 heterocycles. The molecular formula is C12H26O2S. The minimum atomic E-state index is 0.129. The number of rotatable bonds is 4. The smallest absolute Gasteiger partial charge is 0.0707 e. The van der Waals surface area contributed by atoms with E-state index in [2.05, 4.69) is 20.8 Å². The molecule has 0 radical (unpaired) electrons. The summed E-state index contributed by atoms with van der Waals surface area (Å²) in [6.07, 6.45) is 3.61. The van der Waals surface area contributed by atoms with Crippen LogP contribution < -0.4 is 0 Å². The van der Waals surface area contributed by atoms with Crippen LogP contribution in [0.3, 0.4) is 0 Å². The van der Waals surface area contributed by atoms with Crippen LogP contribution in [-0.2, 0) is 9.47 Å². The van der Waals surface area contributed by atoms with E-state index in [0.29, 0.717) is 6.61 Å². The third-order valence-electron chi connectivity index (χ3n) is 2.29. The second-order valence-corrected chi connectivity index (χ2v) is 5.34. The van der Waals surface area contributed by atoms with Gasteiger partial charge < -0.3 is 9.47 Å². The van der Waals surface area contributed by atoms with Gasteiger partial charge in [-0.2, -0.15) is 11.8 Å². The normalized spacial score (nSPS) is 19.2. The van der Waals surface area contributed by atoms with E-state index in [4.69, 9.17) is 9.47 Å². The Bertz CT molecular complexity index is 134. The van der Waals surface area contributed by atoms with Gasteiger partial charge in [-0.1, -0.05) is 20.3 Å². The van der Waals surface area contributed by atoms with Gasteiger partial charge >= 0.3 is 0 Å². The van der Waals surface area contributed by atoms with E-state index in [0.717, 1.165) is 6.61 Å². The van der Waals surface area contributed by atoms with Crippen LogP contribution >= 0.6 is 11.8 Å². The minimum absolute atomic E-state index is 0.129. The van der Waals surface area contributed by atoms with Crippen LogP contribution in [0, 0.1) is 0 Å². The molecule has 0 aliphatic carbocycles. The first kappa shape index (κ1) is 15.3. The summed E-state index contributed by atoms with van der Waals surface area (Å²) in [6, 6.07) is 0. The lowest BCUT2D eigenvalue weighted by Gasteiger charge is -2.33. The molecule has 1 rings (SSSR count). The first-order valence-electron chi connectivity index (χ1n) is 5.89. The van der Waals surface area contributed by atoms with Gasteiger partial charge in [0, 0.05) is 7.11 Å². The Kier molecular flexibility index (Phi) is 9.66. The van der Waals surface area contributed by atoms with Gasteiger partial charge in [0.25, 0.3) is 0 Å². The predicted octanol–water partition coefficient (Wildman–Crippen LogP) is 3.35. The Labute approximate surface area is 99.1 Å². The molecule has 2 nitrogen and oxygen atoms in total. The molecular weight excluding hydrogens is 208 g/mol. The second-order valence-electron chi connectivity index (χ2n) is 4.11. The van der Waals surface area contributed by atoms with E-state index in [1.54, 1.807) is 7.11 Å². The van der Waals surface area contributed by atoms with Gasteiger partial charge in [-0.25, -0.2) is 0 Å². The second kappa shape index (κ2) is 9.49. The van der Waals surface area contributed by atoms with Crippen LogP contribution in [0.5, 0.6) is 0 Å². The van der Waals surface area contributed by atoms with Crippen LogP contribution in [0.15, 0.2) is 0 Å². The summed E-state index contributed by atoms with van der Waals surface area (Å²) in [5.41, 5.74) is 0.129. The summed E-state index contributed by atoms with van der Waals surface area (Å²) in [6.45, 7) is 7.91. The van der Waals surface area contributed by atoms with Crippen molar-refractivity contribution in [2.75, 3.05) is 31.8 Å². The lowest BCUT2D eigenvalue weighted by molar-refractivity contribution is -0.0555. The third kappa shape index (κ3) is 8.12. The maximum Gasteiger partial charge on any atom is 0.0707 e. The molecule has 0 N–H and O–H groups in total. The molecule has 0 unspecified atom stereocenters. The molecule has 15 heavy (non-hydrogen) atoms. The lowest BCUT2D eigenvalue weighted by atomic mass is 9.99. The Morgan fingerprint density at radius 1 is 1.13 bits per heavy atom. The highest BCUT2D eigenvalue weighted by molar-refractivity contribution is 7.99. The minimum Gasteiger partial charge on any atom is -0.382 e. The lowest BCUT2D eigenvalue weighted by Crippen LogP contribution is -2.34. The van der Waals surface area contributed by atoms with Crippen molar-refractivity contribution in [1.82, 2.24) is 0 Å². The zero-order valence-corrected chi connectivity index (χ0v) is 11.5. The van der Waals surface area contributed by atoms with Crippen LogP contribution in [0.4, 0.5) is 0 Å². The Hall–Kier alpha value is 0.270. The fraction of sp³-hybridized carbons (Fsp3) is 1.00. The summed E-state index contributed by atoms with van der Waals surface area (Å²) < 4.78 is 10.7. The quantitative estimate of drug-likeness (QED) is 0.695. The molecule has 1 aliphatic rings.